The van der Waals surface area contributed by atoms with Crippen molar-refractivity contribution in [2.24, 2.45) is 0 Å². The third kappa shape index (κ3) is 4.00. The average molecular weight is 448 g/mol. The van der Waals surface area contributed by atoms with Crippen LogP contribution in [-0.4, -0.2) is 20.6 Å². The predicted octanol–water partition coefficient (Wildman–Crippen LogP) is 5.22. The Labute approximate surface area is 194 Å². The Balaban J connectivity index is 1.82. The molecule has 1 amide bonds. The maximum Gasteiger partial charge on any atom is 0.221 e. The Bertz CT molecular complexity index is 1140. The van der Waals surface area contributed by atoms with Gasteiger partial charge in [0.15, 0.2) is 5.11 Å². The van der Waals surface area contributed by atoms with Crippen LogP contribution in [0.25, 0.3) is 0 Å². The molecule has 1 aliphatic rings. The van der Waals surface area contributed by atoms with Crippen molar-refractivity contribution in [1.29, 1.82) is 0 Å². The summed E-state index contributed by atoms with van der Waals surface area (Å²) in [7, 11) is 0. The molecular weight excluding hydrogens is 418 g/mol. The van der Waals surface area contributed by atoms with E-state index in [1.54, 1.807) is 0 Å². The SMILES string of the molecule is CC(=O)Nc1ccc(N2C(=S)N[C@H](c3ccccn3)[C@@H]2c2cc(C)n(C(C)C)c2C)cc1. The molecule has 2 atom stereocenters. The number of rotatable bonds is 5. The van der Waals surface area contributed by atoms with Crippen molar-refractivity contribution in [1.82, 2.24) is 14.9 Å². The molecule has 3 heterocycles. The number of anilines is 2. The van der Waals surface area contributed by atoms with Crippen molar-refractivity contribution in [2.45, 2.75) is 52.7 Å². The summed E-state index contributed by atoms with van der Waals surface area (Å²) in [5, 5.41) is 7.00. The summed E-state index contributed by atoms with van der Waals surface area (Å²) in [5.41, 5.74) is 6.36. The summed E-state index contributed by atoms with van der Waals surface area (Å²) in [6.45, 7) is 10.2. The molecule has 3 aromatic rings. The number of aromatic nitrogens is 2. The van der Waals surface area contributed by atoms with Crippen LogP contribution in [0.15, 0.2) is 54.7 Å². The monoisotopic (exact) mass is 447 g/mol. The third-order valence-corrected chi connectivity index (χ3v) is 6.24. The normalized spacial score (nSPS) is 18.2. The number of amides is 1. The Morgan fingerprint density at radius 2 is 1.88 bits per heavy atom. The van der Waals surface area contributed by atoms with Gasteiger partial charge in [-0.3, -0.25) is 9.78 Å². The molecule has 2 N–H and O–H groups in total. The second-order valence-electron chi connectivity index (χ2n) is 8.51. The van der Waals surface area contributed by atoms with Gasteiger partial charge in [0.05, 0.1) is 17.8 Å². The lowest BCUT2D eigenvalue weighted by molar-refractivity contribution is -0.114. The number of pyridine rings is 1. The Kier molecular flexibility index (Phi) is 6.02. The van der Waals surface area contributed by atoms with Crippen LogP contribution < -0.4 is 15.5 Å². The second kappa shape index (κ2) is 8.74. The zero-order valence-electron chi connectivity index (χ0n) is 19.1. The molecule has 7 heteroatoms. The molecule has 0 radical (unpaired) electrons. The van der Waals surface area contributed by atoms with Crippen LogP contribution in [0.3, 0.4) is 0 Å². The first kappa shape index (κ1) is 22.0. The summed E-state index contributed by atoms with van der Waals surface area (Å²) >= 11 is 5.82. The summed E-state index contributed by atoms with van der Waals surface area (Å²) < 4.78 is 2.37. The van der Waals surface area contributed by atoms with Gasteiger partial charge in [-0.05, 0) is 87.9 Å². The van der Waals surface area contributed by atoms with E-state index in [1.807, 2.05) is 48.7 Å². The predicted molar refractivity (Wildman–Crippen MR) is 133 cm³/mol. The van der Waals surface area contributed by atoms with Crippen molar-refractivity contribution >= 4 is 34.6 Å². The van der Waals surface area contributed by atoms with Gasteiger partial charge in [0.2, 0.25) is 5.91 Å². The van der Waals surface area contributed by atoms with Crippen molar-refractivity contribution in [3.8, 4) is 0 Å². The fourth-order valence-electron chi connectivity index (χ4n) is 4.75. The molecule has 1 aromatic carbocycles. The first-order valence-corrected chi connectivity index (χ1v) is 11.3. The molecule has 1 aliphatic heterocycles. The standard InChI is InChI=1S/C25H29N5OS/c1-15(2)29-16(3)14-21(17(29)4)24-23(22-8-6-7-13-26-22)28-25(32)30(24)20-11-9-19(10-12-20)27-18(5)31/h6-15,23-24H,1-5H3,(H,27,31)(H,28,32)/t23-,24+/m1/s1. The van der Waals surface area contributed by atoms with E-state index in [-0.39, 0.29) is 18.0 Å². The number of hydrogen-bond donors (Lipinski definition) is 2. The molecule has 0 unspecified atom stereocenters. The number of thiocarbonyl (C=S) groups is 1. The highest BCUT2D eigenvalue weighted by molar-refractivity contribution is 7.80. The maximum absolute atomic E-state index is 11.4. The number of carbonyl (C=O) groups excluding carboxylic acids is 1. The van der Waals surface area contributed by atoms with Gasteiger partial charge in [-0.15, -0.1) is 0 Å². The van der Waals surface area contributed by atoms with Crippen molar-refractivity contribution < 1.29 is 4.79 Å². The molecule has 0 saturated carbocycles. The summed E-state index contributed by atoms with van der Waals surface area (Å²) in [6, 6.07) is 16.3. The van der Waals surface area contributed by atoms with Crippen LogP contribution in [0.1, 0.15) is 61.5 Å². The lowest BCUT2D eigenvalue weighted by Gasteiger charge is -2.28. The summed E-state index contributed by atoms with van der Waals surface area (Å²) in [5.74, 6) is -0.0923. The molecule has 0 aliphatic carbocycles. The van der Waals surface area contributed by atoms with Gasteiger partial charge in [-0.25, -0.2) is 0 Å². The molecule has 0 bridgehead atoms. The van der Waals surface area contributed by atoms with E-state index in [0.29, 0.717) is 11.2 Å². The van der Waals surface area contributed by atoms with E-state index < -0.39 is 0 Å². The first-order valence-electron chi connectivity index (χ1n) is 10.8. The van der Waals surface area contributed by atoms with Gasteiger partial charge in [-0.1, -0.05) is 6.07 Å². The van der Waals surface area contributed by atoms with Gasteiger partial charge in [0, 0.05) is 41.9 Å². The van der Waals surface area contributed by atoms with Crippen LogP contribution in [0, 0.1) is 13.8 Å². The van der Waals surface area contributed by atoms with Gasteiger partial charge < -0.3 is 20.1 Å². The molecule has 2 aromatic heterocycles. The minimum Gasteiger partial charge on any atom is -0.351 e. The van der Waals surface area contributed by atoms with E-state index >= 15 is 0 Å². The molecular formula is C25H29N5OS. The number of nitrogens with one attached hydrogen (secondary N) is 2. The van der Waals surface area contributed by atoms with Crippen LogP contribution in [0.5, 0.6) is 0 Å². The zero-order valence-corrected chi connectivity index (χ0v) is 19.9. The highest BCUT2D eigenvalue weighted by atomic mass is 32.1. The highest BCUT2D eigenvalue weighted by Gasteiger charge is 2.42. The molecule has 6 nitrogen and oxygen atoms in total. The molecule has 0 spiro atoms. The van der Waals surface area contributed by atoms with Gasteiger partial charge in [0.1, 0.15) is 0 Å². The Morgan fingerprint density at radius 1 is 1.16 bits per heavy atom. The minimum absolute atomic E-state index is 0.0530. The van der Waals surface area contributed by atoms with Crippen LogP contribution in [0.4, 0.5) is 11.4 Å². The van der Waals surface area contributed by atoms with E-state index in [0.717, 1.165) is 17.1 Å². The molecule has 1 fully saturated rings. The molecule has 1 saturated heterocycles. The van der Waals surface area contributed by atoms with Crippen molar-refractivity contribution in [3.05, 3.63) is 77.4 Å². The average Bonchev–Trinajstić information content (AvgIpc) is 3.24. The zero-order chi connectivity index (χ0) is 23.0. The van der Waals surface area contributed by atoms with E-state index in [9.17, 15) is 4.79 Å². The van der Waals surface area contributed by atoms with Gasteiger partial charge >= 0.3 is 0 Å². The molecule has 4 rings (SSSR count). The quantitative estimate of drug-likeness (QED) is 0.525. The van der Waals surface area contributed by atoms with Gasteiger partial charge in [-0.2, -0.15) is 0 Å². The lowest BCUT2D eigenvalue weighted by Crippen LogP contribution is -2.29. The molecule has 32 heavy (non-hydrogen) atoms. The van der Waals surface area contributed by atoms with Crippen molar-refractivity contribution in [3.63, 3.8) is 0 Å². The molecule has 166 valence electrons. The van der Waals surface area contributed by atoms with Crippen LogP contribution in [0.2, 0.25) is 0 Å². The summed E-state index contributed by atoms with van der Waals surface area (Å²) in [4.78, 5) is 18.2. The third-order valence-electron chi connectivity index (χ3n) is 5.92. The van der Waals surface area contributed by atoms with E-state index in [2.05, 4.69) is 58.8 Å². The highest BCUT2D eigenvalue weighted by Crippen LogP contribution is 2.43. The maximum atomic E-state index is 11.4. The Morgan fingerprint density at radius 3 is 2.44 bits per heavy atom. The fraction of sp³-hybridized carbons (Fsp3) is 0.320. The van der Waals surface area contributed by atoms with E-state index in [4.69, 9.17) is 12.2 Å². The number of aryl methyl sites for hydroxylation is 1. The number of benzene rings is 1. The topological polar surface area (TPSA) is 62.2 Å². The van der Waals surface area contributed by atoms with Gasteiger partial charge in [0.25, 0.3) is 0 Å². The number of hydrogen-bond acceptors (Lipinski definition) is 3. The Hall–Kier alpha value is -3.19. The summed E-state index contributed by atoms with van der Waals surface area (Å²) in [6.07, 6.45) is 1.82. The van der Waals surface area contributed by atoms with Crippen LogP contribution >= 0.6 is 12.2 Å². The largest absolute Gasteiger partial charge is 0.351 e. The first-order chi connectivity index (χ1) is 15.3. The second-order valence-corrected chi connectivity index (χ2v) is 8.90. The smallest absolute Gasteiger partial charge is 0.221 e. The van der Waals surface area contributed by atoms with Crippen molar-refractivity contribution in [2.75, 3.05) is 10.2 Å². The number of carbonyl (C=O) groups is 1. The van der Waals surface area contributed by atoms with E-state index in [1.165, 1.54) is 23.9 Å². The van der Waals surface area contributed by atoms with Crippen LogP contribution in [-0.2, 0) is 4.79 Å². The number of nitrogens with zero attached hydrogens (tertiary/aromatic N) is 3. The fourth-order valence-corrected chi connectivity index (χ4v) is 5.10. The minimum atomic E-state index is -0.0923. The lowest BCUT2D eigenvalue weighted by atomic mass is 9.96.